The highest BCUT2D eigenvalue weighted by Crippen LogP contribution is 2.46. The molecule has 2 aromatic carbocycles. The first-order chi connectivity index (χ1) is 17.0. The van der Waals surface area contributed by atoms with E-state index in [4.69, 9.17) is 4.42 Å². The molecule has 0 amide bonds. The van der Waals surface area contributed by atoms with Gasteiger partial charge in [0.05, 0.1) is 28.0 Å². The number of allylic oxidation sites excluding steroid dienone is 2. The molecule has 9 nitrogen and oxygen atoms in total. The van der Waals surface area contributed by atoms with Crippen LogP contribution in [-0.2, 0) is 4.79 Å². The number of hydrogen-bond acceptors (Lipinski definition) is 6. The Kier molecular flexibility index (Phi) is 4.77. The molecule has 174 valence electrons. The molecule has 0 radical (unpaired) electrons. The van der Waals surface area contributed by atoms with Gasteiger partial charge in [-0.3, -0.25) is 24.8 Å². The molecule has 0 unspecified atom stereocenters. The lowest BCUT2D eigenvalue weighted by molar-refractivity contribution is -0.384. The van der Waals surface area contributed by atoms with Crippen LogP contribution in [-0.4, -0.2) is 20.5 Å². The van der Waals surface area contributed by atoms with Crippen LogP contribution < -0.4 is 10.9 Å². The quantitative estimate of drug-likeness (QED) is 0.329. The number of carbonyl (C=O) groups is 1. The summed E-state index contributed by atoms with van der Waals surface area (Å²) in [6, 6.07) is 18.8. The van der Waals surface area contributed by atoms with Crippen molar-refractivity contribution in [1.82, 2.24) is 9.78 Å². The number of Topliss-reactive ketones (excluding diaryl/α,β-unsaturated/α-hetero) is 1. The molecule has 2 N–H and O–H groups in total. The number of non-ortho nitro benzene ring substituents is 1. The number of aromatic amines is 1. The molecular formula is C26H20N4O5. The fourth-order valence-corrected chi connectivity index (χ4v) is 4.98. The third-order valence-electron chi connectivity index (χ3n) is 6.57. The molecule has 2 atom stereocenters. The van der Waals surface area contributed by atoms with Crippen molar-refractivity contribution in [3.8, 4) is 17.0 Å². The molecule has 0 bridgehead atoms. The lowest BCUT2D eigenvalue weighted by Crippen LogP contribution is -2.36. The van der Waals surface area contributed by atoms with E-state index in [1.54, 1.807) is 24.3 Å². The van der Waals surface area contributed by atoms with Gasteiger partial charge in [0.2, 0.25) is 0 Å². The second kappa shape index (κ2) is 7.98. The van der Waals surface area contributed by atoms with E-state index in [0.717, 1.165) is 5.70 Å². The van der Waals surface area contributed by atoms with Crippen LogP contribution in [0.4, 0.5) is 11.5 Å². The molecule has 0 fully saturated rings. The van der Waals surface area contributed by atoms with Crippen molar-refractivity contribution in [3.05, 3.63) is 110 Å². The molecular weight excluding hydrogens is 448 g/mol. The summed E-state index contributed by atoms with van der Waals surface area (Å²) >= 11 is 0. The van der Waals surface area contributed by atoms with Crippen molar-refractivity contribution in [2.45, 2.75) is 18.8 Å². The predicted molar refractivity (Wildman–Crippen MR) is 128 cm³/mol. The summed E-state index contributed by atoms with van der Waals surface area (Å²) in [6.07, 6.45) is 3.00. The number of carbonyl (C=O) groups excluding carboxylic acids is 1. The van der Waals surface area contributed by atoms with Crippen LogP contribution >= 0.6 is 0 Å². The van der Waals surface area contributed by atoms with Crippen LogP contribution in [0.1, 0.15) is 30.1 Å². The Balaban J connectivity index is 1.50. The zero-order valence-electron chi connectivity index (χ0n) is 18.4. The molecule has 1 aliphatic carbocycles. The number of para-hydroxylation sites is 1. The van der Waals surface area contributed by atoms with Gasteiger partial charge in [0.1, 0.15) is 23.1 Å². The van der Waals surface area contributed by atoms with E-state index < -0.39 is 16.8 Å². The number of nitrogens with zero attached hydrogens (tertiary/aromatic N) is 2. The van der Waals surface area contributed by atoms with Crippen LogP contribution in [0.5, 0.6) is 0 Å². The second-order valence-electron chi connectivity index (χ2n) is 8.63. The molecule has 2 aromatic heterocycles. The maximum absolute atomic E-state index is 13.6. The average molecular weight is 468 g/mol. The maximum atomic E-state index is 13.6. The smallest absolute Gasteiger partial charge is 0.277 e. The van der Waals surface area contributed by atoms with Gasteiger partial charge in [0, 0.05) is 29.8 Å². The first-order valence-corrected chi connectivity index (χ1v) is 11.3. The first kappa shape index (κ1) is 20.9. The van der Waals surface area contributed by atoms with Crippen molar-refractivity contribution in [1.29, 1.82) is 0 Å². The summed E-state index contributed by atoms with van der Waals surface area (Å²) in [4.78, 5) is 37.5. The van der Waals surface area contributed by atoms with E-state index in [1.165, 1.54) is 16.8 Å². The zero-order chi connectivity index (χ0) is 24.1. The molecule has 0 spiro atoms. The Morgan fingerprint density at radius 2 is 1.83 bits per heavy atom. The minimum atomic E-state index is -0.633. The van der Waals surface area contributed by atoms with Gasteiger partial charge < -0.3 is 9.73 Å². The third kappa shape index (κ3) is 3.40. The van der Waals surface area contributed by atoms with Crippen LogP contribution in [0, 0.1) is 16.0 Å². The van der Waals surface area contributed by atoms with Gasteiger partial charge in [0.15, 0.2) is 0 Å². The number of aromatic nitrogens is 2. The number of fused-ring (bicyclic) bond motifs is 2. The summed E-state index contributed by atoms with van der Waals surface area (Å²) in [6.45, 7) is 0. The normalized spacial score (nSPS) is 18.9. The fraction of sp³-hybridized carbons (Fsp3) is 0.154. The molecule has 0 saturated carbocycles. The minimum absolute atomic E-state index is 0.0332. The van der Waals surface area contributed by atoms with Crippen molar-refractivity contribution in [3.63, 3.8) is 0 Å². The van der Waals surface area contributed by atoms with Gasteiger partial charge in [-0.2, -0.15) is 0 Å². The highest BCUT2D eigenvalue weighted by Gasteiger charge is 2.44. The Morgan fingerprint density at radius 3 is 2.63 bits per heavy atom. The topological polar surface area (TPSA) is 123 Å². The number of hydrogen-bond donors (Lipinski definition) is 2. The molecule has 0 saturated heterocycles. The number of nitro benzene ring substituents is 1. The maximum Gasteiger partial charge on any atom is 0.277 e. The molecule has 2 aliphatic rings. The van der Waals surface area contributed by atoms with Gasteiger partial charge in [-0.15, -0.1) is 0 Å². The summed E-state index contributed by atoms with van der Waals surface area (Å²) in [5, 5.41) is 17.6. The highest BCUT2D eigenvalue weighted by atomic mass is 16.6. The minimum Gasteiger partial charge on any atom is -0.460 e. The van der Waals surface area contributed by atoms with Crippen LogP contribution in [0.15, 0.2) is 87.7 Å². The van der Waals surface area contributed by atoms with Crippen molar-refractivity contribution < 1.29 is 14.1 Å². The summed E-state index contributed by atoms with van der Waals surface area (Å²) in [7, 11) is 0. The number of ketones is 1. The lowest BCUT2D eigenvalue weighted by atomic mass is 9.74. The molecule has 4 aromatic rings. The number of nitrogens with one attached hydrogen (secondary N) is 2. The first-order valence-electron chi connectivity index (χ1n) is 11.3. The molecule has 35 heavy (non-hydrogen) atoms. The highest BCUT2D eigenvalue weighted by molar-refractivity contribution is 5.89. The monoisotopic (exact) mass is 468 g/mol. The summed E-state index contributed by atoms with van der Waals surface area (Å²) < 4.78 is 7.63. The molecule has 1 aliphatic heterocycles. The SMILES string of the molecule is O=C1CCC=C2Nc3[nH]n(-c4ccccc4)c(=O)c3[C@H](c3ccc(-c4cccc([N+](=O)[O-])c4)o3)[C@H]12. The van der Waals surface area contributed by atoms with Gasteiger partial charge in [-0.25, -0.2) is 4.68 Å². The number of benzene rings is 2. The van der Waals surface area contributed by atoms with E-state index >= 15 is 0 Å². The lowest BCUT2D eigenvalue weighted by Gasteiger charge is -2.34. The van der Waals surface area contributed by atoms with Crippen molar-refractivity contribution >= 4 is 17.3 Å². The molecule has 6 rings (SSSR count). The van der Waals surface area contributed by atoms with E-state index in [0.29, 0.717) is 47.0 Å². The fourth-order valence-electron chi connectivity index (χ4n) is 4.98. The van der Waals surface area contributed by atoms with Crippen molar-refractivity contribution in [2.24, 2.45) is 5.92 Å². The van der Waals surface area contributed by atoms with Gasteiger partial charge in [-0.05, 0) is 30.7 Å². The van der Waals surface area contributed by atoms with Gasteiger partial charge in [0.25, 0.3) is 11.2 Å². The van der Waals surface area contributed by atoms with Crippen LogP contribution in [0.25, 0.3) is 17.0 Å². The summed E-state index contributed by atoms with van der Waals surface area (Å²) in [5.41, 5.74) is 2.07. The van der Waals surface area contributed by atoms with E-state index in [9.17, 15) is 19.7 Å². The van der Waals surface area contributed by atoms with Gasteiger partial charge in [-0.1, -0.05) is 36.4 Å². The number of rotatable bonds is 4. The van der Waals surface area contributed by atoms with E-state index in [2.05, 4.69) is 10.4 Å². The Labute approximate surface area is 198 Å². The average Bonchev–Trinajstić information content (AvgIpc) is 3.49. The standard InChI is InChI=1S/C26H20N4O5/c31-19-11-5-10-18-22(19)23(21-13-12-20(35-21)15-6-4-9-17(14-15)30(33)34)24-25(27-18)28-29(26(24)32)16-7-2-1-3-8-16/h1-4,6-10,12-14,22-23,27-28H,5,11H2/t22-,23+/m0/s1. The van der Waals surface area contributed by atoms with Crippen LogP contribution in [0.3, 0.4) is 0 Å². The molecule has 3 heterocycles. The van der Waals surface area contributed by atoms with Crippen LogP contribution in [0.2, 0.25) is 0 Å². The van der Waals surface area contributed by atoms with Crippen molar-refractivity contribution in [2.75, 3.05) is 5.32 Å². The zero-order valence-corrected chi connectivity index (χ0v) is 18.4. The largest absolute Gasteiger partial charge is 0.460 e. The van der Waals surface area contributed by atoms with E-state index in [1.807, 2.05) is 36.4 Å². The number of nitro groups is 1. The Morgan fingerprint density at radius 1 is 1.00 bits per heavy atom. The Hall–Kier alpha value is -4.66. The predicted octanol–water partition coefficient (Wildman–Crippen LogP) is 4.75. The molecule has 9 heteroatoms. The third-order valence-corrected chi connectivity index (χ3v) is 6.57. The Bertz CT molecular complexity index is 1560. The second-order valence-corrected chi connectivity index (χ2v) is 8.63. The van der Waals surface area contributed by atoms with E-state index in [-0.39, 0.29) is 17.0 Å². The summed E-state index contributed by atoms with van der Waals surface area (Å²) in [5.74, 6) is 0.230. The number of H-pyrrole nitrogens is 1. The number of anilines is 1. The number of furan rings is 1. The van der Waals surface area contributed by atoms with Gasteiger partial charge >= 0.3 is 0 Å².